The Kier molecular flexibility index (Phi) is 2.30. The molecule has 0 unspecified atom stereocenters. The van der Waals surface area contributed by atoms with Crippen molar-refractivity contribution in [2.24, 2.45) is 28.6 Å². The van der Waals surface area contributed by atoms with Crippen molar-refractivity contribution in [3.8, 4) is 0 Å². The number of aliphatic hydroxyl groups is 1. The lowest BCUT2D eigenvalue weighted by Gasteiger charge is -2.36. The summed E-state index contributed by atoms with van der Waals surface area (Å²) in [5.74, 6) is -0.452. The Labute approximate surface area is 108 Å². The Bertz CT molecular complexity index is 437. The van der Waals surface area contributed by atoms with E-state index in [1.807, 2.05) is 6.08 Å². The van der Waals surface area contributed by atoms with Gasteiger partial charge in [-0.25, -0.2) is 0 Å². The summed E-state index contributed by atoms with van der Waals surface area (Å²) < 4.78 is 0. The van der Waals surface area contributed by atoms with Crippen LogP contribution in [0.15, 0.2) is 11.6 Å². The second-order valence-electron chi connectivity index (χ2n) is 7.19. The molecule has 0 radical (unpaired) electrons. The highest BCUT2D eigenvalue weighted by Gasteiger charge is 2.66. The van der Waals surface area contributed by atoms with Gasteiger partial charge in [-0.2, -0.15) is 0 Å². The van der Waals surface area contributed by atoms with E-state index in [9.17, 15) is 15.0 Å². The van der Waals surface area contributed by atoms with E-state index in [1.54, 1.807) is 0 Å². The van der Waals surface area contributed by atoms with Crippen LogP contribution < -0.4 is 5.11 Å². The molecule has 100 valence electrons. The van der Waals surface area contributed by atoms with Gasteiger partial charge in [0.25, 0.3) is 0 Å². The van der Waals surface area contributed by atoms with Crippen molar-refractivity contribution in [3.05, 3.63) is 11.6 Å². The van der Waals surface area contributed by atoms with Crippen LogP contribution in [0.25, 0.3) is 0 Å². The van der Waals surface area contributed by atoms with E-state index in [1.165, 1.54) is 0 Å². The van der Waals surface area contributed by atoms with E-state index < -0.39 is 12.1 Å². The zero-order valence-corrected chi connectivity index (χ0v) is 11.3. The number of carbonyl (C=O) groups is 1. The average Bonchev–Trinajstić information content (AvgIpc) is 2.79. The molecule has 3 nitrogen and oxygen atoms in total. The third-order valence-corrected chi connectivity index (χ3v) is 5.95. The normalized spacial score (nSPS) is 48.8. The summed E-state index contributed by atoms with van der Waals surface area (Å²) in [6, 6.07) is 0. The Balaban J connectivity index is 2.11. The van der Waals surface area contributed by atoms with Gasteiger partial charge in [-0.3, -0.25) is 0 Å². The lowest BCUT2D eigenvalue weighted by atomic mass is 9.67. The van der Waals surface area contributed by atoms with E-state index in [4.69, 9.17) is 0 Å². The van der Waals surface area contributed by atoms with E-state index in [0.29, 0.717) is 11.5 Å². The first kappa shape index (κ1) is 12.2. The van der Waals surface area contributed by atoms with Gasteiger partial charge < -0.3 is 15.0 Å². The monoisotopic (exact) mass is 249 g/mol. The standard InChI is InChI=1S/C15H22O3/c1-8-4-5-10-9(13(17)18)6-11-12(16)14(2,3)7-15(8,10)11/h6,8,10-12,16H,4-5,7H2,1-3H3,(H,17,18)/p-1/t8-,10+,11-,12-,15+/m1/s1. The molecule has 0 saturated heterocycles. The molecule has 5 atom stereocenters. The van der Waals surface area contributed by atoms with E-state index in [0.717, 1.165) is 19.3 Å². The quantitative estimate of drug-likeness (QED) is 0.757. The number of carbonyl (C=O) groups excluding carboxylic acids is 1. The van der Waals surface area contributed by atoms with Crippen LogP contribution in [0.5, 0.6) is 0 Å². The topological polar surface area (TPSA) is 60.4 Å². The molecule has 1 spiro atoms. The van der Waals surface area contributed by atoms with Crippen LogP contribution in [-0.4, -0.2) is 17.2 Å². The number of carboxylic acids is 1. The molecule has 0 aromatic heterocycles. The third kappa shape index (κ3) is 1.21. The Hall–Kier alpha value is -0.830. The Morgan fingerprint density at radius 3 is 2.72 bits per heavy atom. The molecule has 0 aliphatic heterocycles. The summed E-state index contributed by atoms with van der Waals surface area (Å²) in [5, 5.41) is 21.8. The van der Waals surface area contributed by atoms with Gasteiger partial charge in [-0.1, -0.05) is 26.8 Å². The SMILES string of the molecule is C[C@@H]1CC[C@H]2C(C(=O)[O-])=C[C@@H]3[C@@H](O)C(C)(C)C[C@@]132. The molecule has 0 heterocycles. The Morgan fingerprint density at radius 2 is 2.11 bits per heavy atom. The Morgan fingerprint density at radius 1 is 1.44 bits per heavy atom. The molecule has 0 amide bonds. The number of carboxylic acid groups (broad SMARTS) is 1. The maximum atomic E-state index is 11.3. The predicted molar refractivity (Wildman–Crippen MR) is 65.3 cm³/mol. The first-order chi connectivity index (χ1) is 8.30. The van der Waals surface area contributed by atoms with Crippen molar-refractivity contribution >= 4 is 5.97 Å². The van der Waals surface area contributed by atoms with Crippen LogP contribution in [0.1, 0.15) is 40.0 Å². The molecule has 3 rings (SSSR count). The zero-order valence-electron chi connectivity index (χ0n) is 11.3. The minimum absolute atomic E-state index is 0.00269. The number of hydrogen-bond donors (Lipinski definition) is 1. The largest absolute Gasteiger partial charge is 0.545 e. The van der Waals surface area contributed by atoms with Crippen molar-refractivity contribution in [1.82, 2.24) is 0 Å². The lowest BCUT2D eigenvalue weighted by molar-refractivity contribution is -0.300. The maximum Gasteiger partial charge on any atom is 0.0674 e. The fourth-order valence-electron chi connectivity index (χ4n) is 5.16. The molecule has 0 bridgehead atoms. The molecule has 0 aromatic rings. The summed E-state index contributed by atoms with van der Waals surface area (Å²) >= 11 is 0. The molecule has 0 aromatic carbocycles. The maximum absolute atomic E-state index is 11.3. The number of aliphatic carboxylic acids is 1. The fourth-order valence-corrected chi connectivity index (χ4v) is 5.16. The van der Waals surface area contributed by atoms with Gasteiger partial charge in [0.2, 0.25) is 0 Å². The summed E-state index contributed by atoms with van der Waals surface area (Å²) in [6.45, 7) is 6.41. The van der Waals surface area contributed by atoms with Gasteiger partial charge in [0.1, 0.15) is 0 Å². The lowest BCUT2D eigenvalue weighted by Crippen LogP contribution is -2.35. The molecule has 3 aliphatic carbocycles. The van der Waals surface area contributed by atoms with E-state index >= 15 is 0 Å². The van der Waals surface area contributed by atoms with Gasteiger partial charge in [0.15, 0.2) is 0 Å². The van der Waals surface area contributed by atoms with Gasteiger partial charge in [0, 0.05) is 5.92 Å². The first-order valence-electron chi connectivity index (χ1n) is 6.92. The fraction of sp³-hybridized carbons (Fsp3) is 0.800. The van der Waals surface area contributed by atoms with Crippen molar-refractivity contribution < 1.29 is 15.0 Å². The minimum Gasteiger partial charge on any atom is -0.545 e. The molecule has 1 N–H and O–H groups in total. The van der Waals surface area contributed by atoms with Gasteiger partial charge >= 0.3 is 0 Å². The first-order valence-corrected chi connectivity index (χ1v) is 6.92. The third-order valence-electron chi connectivity index (χ3n) is 5.95. The highest BCUT2D eigenvalue weighted by Crippen LogP contribution is 2.70. The summed E-state index contributed by atoms with van der Waals surface area (Å²) in [4.78, 5) is 11.3. The molecule has 3 heteroatoms. The highest BCUT2D eigenvalue weighted by atomic mass is 16.4. The van der Waals surface area contributed by atoms with Gasteiger partial charge in [-0.15, -0.1) is 0 Å². The zero-order chi connectivity index (χ0) is 13.3. The molecule has 3 aliphatic rings. The van der Waals surface area contributed by atoms with Crippen LogP contribution in [0, 0.1) is 28.6 Å². The molecular weight excluding hydrogens is 228 g/mol. The van der Waals surface area contributed by atoms with Gasteiger partial charge in [0.05, 0.1) is 12.1 Å². The van der Waals surface area contributed by atoms with E-state index in [2.05, 4.69) is 20.8 Å². The second-order valence-corrected chi connectivity index (χ2v) is 7.19. The molecule has 2 saturated carbocycles. The second kappa shape index (κ2) is 3.38. The van der Waals surface area contributed by atoms with Crippen molar-refractivity contribution in [1.29, 1.82) is 0 Å². The van der Waals surface area contributed by atoms with Crippen LogP contribution in [0.3, 0.4) is 0 Å². The van der Waals surface area contributed by atoms with Crippen molar-refractivity contribution in [2.45, 2.75) is 46.1 Å². The van der Waals surface area contributed by atoms with Crippen molar-refractivity contribution in [3.63, 3.8) is 0 Å². The summed E-state index contributed by atoms with van der Waals surface area (Å²) in [7, 11) is 0. The molecule has 2 fully saturated rings. The number of aliphatic hydroxyl groups excluding tert-OH is 1. The minimum atomic E-state index is -1.03. The molecule has 18 heavy (non-hydrogen) atoms. The number of rotatable bonds is 1. The average molecular weight is 249 g/mol. The number of hydrogen-bond acceptors (Lipinski definition) is 3. The van der Waals surface area contributed by atoms with Gasteiger partial charge in [-0.05, 0) is 47.5 Å². The van der Waals surface area contributed by atoms with Crippen LogP contribution >= 0.6 is 0 Å². The summed E-state index contributed by atoms with van der Waals surface area (Å²) in [6.07, 6.45) is 4.30. The predicted octanol–water partition coefficient (Wildman–Crippen LogP) is 1.12. The van der Waals surface area contributed by atoms with Crippen LogP contribution in [-0.2, 0) is 4.79 Å². The van der Waals surface area contributed by atoms with Crippen molar-refractivity contribution in [2.75, 3.05) is 0 Å². The van der Waals surface area contributed by atoms with E-state index in [-0.39, 0.29) is 22.7 Å². The van der Waals surface area contributed by atoms with Crippen LogP contribution in [0.2, 0.25) is 0 Å². The molecular formula is C15H21O3-. The highest BCUT2D eigenvalue weighted by molar-refractivity contribution is 5.86. The summed E-state index contributed by atoms with van der Waals surface area (Å²) in [5.41, 5.74) is 0.312. The van der Waals surface area contributed by atoms with Crippen LogP contribution in [0.4, 0.5) is 0 Å². The smallest absolute Gasteiger partial charge is 0.0674 e.